The molecule has 0 saturated heterocycles. The zero-order chi connectivity index (χ0) is 17.2. The number of hydrogen-bond acceptors (Lipinski definition) is 5. The van der Waals surface area contributed by atoms with Crippen molar-refractivity contribution >= 4 is 22.1 Å². The summed E-state index contributed by atoms with van der Waals surface area (Å²) in [4.78, 5) is 0. The van der Waals surface area contributed by atoms with Gasteiger partial charge in [-0.05, 0) is 35.9 Å². The number of hydrogen-bond donors (Lipinski definition) is 0. The molecule has 0 radical (unpaired) electrons. The van der Waals surface area contributed by atoms with Crippen molar-refractivity contribution in [1.82, 2.24) is 0 Å². The third-order valence-electron chi connectivity index (χ3n) is 3.41. The molecule has 2 aromatic rings. The molecule has 7 heteroatoms. The zero-order valence-electron chi connectivity index (χ0n) is 13.1. The number of nitrogens with zero attached hydrogens (tertiary/aromatic N) is 1. The molecule has 2 aromatic carbocycles. The molecular weight excluding hydrogens is 330 g/mol. The van der Waals surface area contributed by atoms with Gasteiger partial charge in [-0.15, -0.1) is 4.40 Å². The number of rotatable bonds is 4. The minimum atomic E-state index is -3.98. The summed E-state index contributed by atoms with van der Waals surface area (Å²) in [6, 6.07) is 12.2. The third-order valence-corrected chi connectivity index (χ3v) is 4.22. The minimum Gasteiger partial charge on any atom is -0.493 e. The summed E-state index contributed by atoms with van der Waals surface area (Å²) in [5, 5.41) is 0. The van der Waals surface area contributed by atoms with E-state index in [1.807, 2.05) is 6.07 Å². The van der Waals surface area contributed by atoms with E-state index in [9.17, 15) is 8.42 Å². The Bertz CT molecular complexity index is 932. The topological polar surface area (TPSA) is 74.2 Å². The molecule has 1 aliphatic rings. The molecule has 0 saturated carbocycles. The Kier molecular flexibility index (Phi) is 4.26. The number of fused-ring (bicyclic) bond motifs is 1. The SMILES string of the molecule is COc1ccc(/C=C/C2=NS(=O)(=O)Oc3ccccc32)cc1OC. The fraction of sp³-hybridized carbons (Fsp3) is 0.118. The van der Waals surface area contributed by atoms with Gasteiger partial charge in [-0.25, -0.2) is 0 Å². The molecule has 0 N–H and O–H groups in total. The predicted molar refractivity (Wildman–Crippen MR) is 91.1 cm³/mol. The Labute approximate surface area is 140 Å². The van der Waals surface area contributed by atoms with Crippen molar-refractivity contribution in [1.29, 1.82) is 0 Å². The first kappa shape index (κ1) is 16.1. The highest BCUT2D eigenvalue weighted by Crippen LogP contribution is 2.29. The molecule has 1 aliphatic heterocycles. The molecule has 0 fully saturated rings. The van der Waals surface area contributed by atoms with Crippen molar-refractivity contribution in [3.05, 3.63) is 59.7 Å². The summed E-state index contributed by atoms with van der Waals surface area (Å²) < 4.78 is 42.5. The fourth-order valence-corrected chi connectivity index (χ4v) is 3.11. The standard InChI is InChI=1S/C17H15NO5S/c1-21-16-10-8-12(11-17(16)22-2)7-9-14-13-5-3-4-6-15(13)23-24(19,20)18-14/h3-11H,1-2H3/b9-7+. The highest BCUT2D eigenvalue weighted by Gasteiger charge is 2.23. The van der Waals surface area contributed by atoms with Gasteiger partial charge in [0.1, 0.15) is 0 Å². The Hall–Kier alpha value is -2.80. The molecule has 124 valence electrons. The largest absolute Gasteiger partial charge is 0.493 e. The monoisotopic (exact) mass is 345 g/mol. The summed E-state index contributed by atoms with van der Waals surface area (Å²) in [6.45, 7) is 0. The van der Waals surface area contributed by atoms with Crippen LogP contribution in [0.1, 0.15) is 11.1 Å². The Morgan fingerprint density at radius 1 is 1.00 bits per heavy atom. The molecule has 24 heavy (non-hydrogen) atoms. The van der Waals surface area contributed by atoms with E-state index < -0.39 is 10.3 Å². The van der Waals surface area contributed by atoms with Gasteiger partial charge in [0.2, 0.25) is 0 Å². The van der Waals surface area contributed by atoms with Gasteiger partial charge < -0.3 is 13.7 Å². The normalized spacial score (nSPS) is 15.3. The lowest BCUT2D eigenvalue weighted by Crippen LogP contribution is -2.17. The molecule has 6 nitrogen and oxygen atoms in total. The Balaban J connectivity index is 1.98. The molecule has 0 atom stereocenters. The van der Waals surface area contributed by atoms with Gasteiger partial charge in [-0.3, -0.25) is 0 Å². The summed E-state index contributed by atoms with van der Waals surface area (Å²) in [6.07, 6.45) is 3.37. The lowest BCUT2D eigenvalue weighted by Gasteiger charge is -2.14. The molecule has 0 amide bonds. The van der Waals surface area contributed by atoms with Gasteiger partial charge in [-0.1, -0.05) is 24.3 Å². The second-order valence-electron chi connectivity index (χ2n) is 4.93. The van der Waals surface area contributed by atoms with Crippen molar-refractivity contribution in [3.8, 4) is 17.2 Å². The van der Waals surface area contributed by atoms with Crippen molar-refractivity contribution in [3.63, 3.8) is 0 Å². The van der Waals surface area contributed by atoms with Crippen molar-refractivity contribution in [2.24, 2.45) is 4.40 Å². The highest BCUT2D eigenvalue weighted by atomic mass is 32.2. The summed E-state index contributed by atoms with van der Waals surface area (Å²) in [7, 11) is -0.867. The van der Waals surface area contributed by atoms with Crippen molar-refractivity contribution < 1.29 is 22.1 Å². The molecule has 0 unspecified atom stereocenters. The van der Waals surface area contributed by atoms with E-state index in [-0.39, 0.29) is 5.75 Å². The van der Waals surface area contributed by atoms with E-state index in [1.54, 1.807) is 62.8 Å². The smallest absolute Gasteiger partial charge is 0.429 e. The van der Waals surface area contributed by atoms with Gasteiger partial charge in [-0.2, -0.15) is 8.42 Å². The average molecular weight is 345 g/mol. The molecule has 0 aliphatic carbocycles. The van der Waals surface area contributed by atoms with E-state index in [1.165, 1.54) is 0 Å². The van der Waals surface area contributed by atoms with Gasteiger partial charge in [0.15, 0.2) is 17.2 Å². The molecular formula is C17H15NO5S. The quantitative estimate of drug-likeness (QED) is 0.852. The summed E-state index contributed by atoms with van der Waals surface area (Å²) >= 11 is 0. The van der Waals surface area contributed by atoms with Gasteiger partial charge in [0.05, 0.1) is 19.9 Å². The van der Waals surface area contributed by atoms with Crippen LogP contribution in [0, 0.1) is 0 Å². The van der Waals surface area contributed by atoms with E-state index in [4.69, 9.17) is 13.7 Å². The van der Waals surface area contributed by atoms with Crippen LogP contribution in [0.15, 0.2) is 52.9 Å². The summed E-state index contributed by atoms with van der Waals surface area (Å²) in [5.74, 6) is 1.46. The molecule has 3 rings (SSSR count). The van der Waals surface area contributed by atoms with Crippen LogP contribution in [-0.2, 0) is 10.3 Å². The van der Waals surface area contributed by atoms with E-state index in [2.05, 4.69) is 4.40 Å². The lowest BCUT2D eigenvalue weighted by molar-refractivity contribution is 0.355. The maximum Gasteiger partial charge on any atom is 0.429 e. The van der Waals surface area contributed by atoms with Crippen LogP contribution in [0.4, 0.5) is 0 Å². The van der Waals surface area contributed by atoms with Crippen LogP contribution in [0.3, 0.4) is 0 Å². The minimum absolute atomic E-state index is 0.263. The Morgan fingerprint density at radius 2 is 1.75 bits per heavy atom. The van der Waals surface area contributed by atoms with Gasteiger partial charge in [0.25, 0.3) is 0 Å². The van der Waals surface area contributed by atoms with Crippen LogP contribution in [0.25, 0.3) is 6.08 Å². The molecule has 1 heterocycles. The molecule has 0 spiro atoms. The fourth-order valence-electron chi connectivity index (χ4n) is 2.30. The van der Waals surface area contributed by atoms with E-state index in [0.717, 1.165) is 5.56 Å². The van der Waals surface area contributed by atoms with E-state index in [0.29, 0.717) is 22.8 Å². The van der Waals surface area contributed by atoms with Gasteiger partial charge in [0, 0.05) is 5.56 Å². The maximum absolute atomic E-state index is 11.7. The first-order valence-corrected chi connectivity index (χ1v) is 8.43. The number of benzene rings is 2. The van der Waals surface area contributed by atoms with Gasteiger partial charge >= 0.3 is 10.3 Å². The number of allylic oxidation sites excluding steroid dienone is 1. The second kappa shape index (κ2) is 6.37. The average Bonchev–Trinajstić information content (AvgIpc) is 2.58. The van der Waals surface area contributed by atoms with Crippen molar-refractivity contribution in [2.45, 2.75) is 0 Å². The van der Waals surface area contributed by atoms with Crippen LogP contribution in [0.2, 0.25) is 0 Å². The lowest BCUT2D eigenvalue weighted by atomic mass is 10.1. The predicted octanol–water partition coefficient (Wildman–Crippen LogP) is 2.84. The Morgan fingerprint density at radius 3 is 2.50 bits per heavy atom. The maximum atomic E-state index is 11.7. The molecule has 0 bridgehead atoms. The van der Waals surface area contributed by atoms with Crippen molar-refractivity contribution in [2.75, 3.05) is 14.2 Å². The molecule has 0 aromatic heterocycles. The first-order valence-electron chi connectivity index (χ1n) is 7.06. The highest BCUT2D eigenvalue weighted by molar-refractivity contribution is 7.86. The second-order valence-corrected chi connectivity index (χ2v) is 6.14. The summed E-state index contributed by atoms with van der Waals surface area (Å²) in [5.41, 5.74) is 1.74. The third kappa shape index (κ3) is 3.26. The number of para-hydroxylation sites is 1. The van der Waals surface area contributed by atoms with Crippen LogP contribution in [0.5, 0.6) is 17.2 Å². The zero-order valence-corrected chi connectivity index (χ0v) is 13.9. The van der Waals surface area contributed by atoms with Crippen LogP contribution in [-0.4, -0.2) is 28.3 Å². The first-order chi connectivity index (χ1) is 11.5. The number of methoxy groups -OCH3 is 2. The number of ether oxygens (including phenoxy) is 2. The van der Waals surface area contributed by atoms with Crippen LogP contribution >= 0.6 is 0 Å². The van der Waals surface area contributed by atoms with Crippen LogP contribution < -0.4 is 13.7 Å². The van der Waals surface area contributed by atoms with E-state index >= 15 is 0 Å².